The summed E-state index contributed by atoms with van der Waals surface area (Å²) in [7, 11) is -3.15. The minimum absolute atomic E-state index is 0.0241. The van der Waals surface area contributed by atoms with Crippen LogP contribution in [0.5, 0.6) is 0 Å². The van der Waals surface area contributed by atoms with Crippen molar-refractivity contribution in [1.29, 1.82) is 0 Å². The van der Waals surface area contributed by atoms with Gasteiger partial charge < -0.3 is 5.32 Å². The molecular formula is C13H13NO3S. The molecule has 1 heterocycles. The molecule has 0 spiro atoms. The maximum Gasteiger partial charge on any atom is 0.296 e. The Morgan fingerprint density at radius 2 is 2.00 bits per heavy atom. The van der Waals surface area contributed by atoms with Gasteiger partial charge in [0.1, 0.15) is 5.25 Å². The monoisotopic (exact) mass is 263 g/mol. The Hall–Kier alpha value is -1.80. The molecule has 4 nitrogen and oxygen atoms in total. The number of rotatable bonds is 2. The molecule has 94 valence electrons. The van der Waals surface area contributed by atoms with Crippen molar-refractivity contribution < 1.29 is 13.2 Å². The van der Waals surface area contributed by atoms with E-state index in [9.17, 15) is 13.2 Å². The minimum atomic E-state index is -3.15. The average molecular weight is 263 g/mol. The second-order valence-electron chi connectivity index (χ2n) is 4.12. The van der Waals surface area contributed by atoms with Gasteiger partial charge >= 0.3 is 0 Å². The first kappa shape index (κ1) is 12.7. The van der Waals surface area contributed by atoms with Crippen molar-refractivity contribution in [2.24, 2.45) is 0 Å². The Kier molecular flexibility index (Phi) is 3.39. The van der Waals surface area contributed by atoms with Crippen LogP contribution in [0.3, 0.4) is 0 Å². The topological polar surface area (TPSA) is 63.2 Å². The lowest BCUT2D eigenvalue weighted by molar-refractivity contribution is -0.116. The van der Waals surface area contributed by atoms with Crippen LogP contribution in [0.25, 0.3) is 0 Å². The molecule has 1 aromatic rings. The Morgan fingerprint density at radius 1 is 1.33 bits per heavy atom. The maximum absolute atomic E-state index is 11.8. The van der Waals surface area contributed by atoms with Gasteiger partial charge in [0.25, 0.3) is 5.91 Å². The zero-order valence-corrected chi connectivity index (χ0v) is 10.7. The van der Waals surface area contributed by atoms with Crippen LogP contribution in [0.4, 0.5) is 0 Å². The smallest absolute Gasteiger partial charge is 0.296 e. The highest BCUT2D eigenvalue weighted by molar-refractivity contribution is 7.93. The zero-order valence-electron chi connectivity index (χ0n) is 9.88. The second kappa shape index (κ2) is 4.83. The molecule has 1 aliphatic heterocycles. The van der Waals surface area contributed by atoms with Gasteiger partial charge in [-0.25, -0.2) is 8.42 Å². The van der Waals surface area contributed by atoms with Crippen LogP contribution in [-0.2, 0) is 14.6 Å². The number of benzene rings is 1. The number of nitrogens with one attached hydrogen (secondary N) is 1. The lowest BCUT2D eigenvalue weighted by Gasteiger charge is -2.36. The van der Waals surface area contributed by atoms with E-state index in [-0.39, 0.29) is 11.8 Å². The first-order valence-corrected chi connectivity index (χ1v) is 7.26. The van der Waals surface area contributed by atoms with Gasteiger partial charge in [0.2, 0.25) is 0 Å². The third-order valence-corrected chi connectivity index (χ3v) is 5.05. The molecule has 0 saturated carbocycles. The molecule has 0 aromatic heterocycles. The SMILES string of the molecule is CC#CC(=O)NC1CS(=O)(=O)C1c1ccccc1. The molecule has 1 N–H and O–H groups in total. The quantitative estimate of drug-likeness (QED) is 0.797. The van der Waals surface area contributed by atoms with E-state index in [1.807, 2.05) is 6.07 Å². The predicted molar refractivity (Wildman–Crippen MR) is 68.4 cm³/mol. The molecule has 1 fully saturated rings. The normalized spacial score (nSPS) is 24.3. The number of carbonyl (C=O) groups is 1. The summed E-state index contributed by atoms with van der Waals surface area (Å²) in [5.74, 6) is 4.38. The molecule has 5 heteroatoms. The fourth-order valence-electron chi connectivity index (χ4n) is 2.09. The van der Waals surface area contributed by atoms with Gasteiger partial charge in [0.05, 0.1) is 11.8 Å². The van der Waals surface area contributed by atoms with Crippen molar-refractivity contribution in [2.75, 3.05) is 5.75 Å². The minimum Gasteiger partial charge on any atom is -0.340 e. The third kappa shape index (κ3) is 2.39. The van der Waals surface area contributed by atoms with E-state index in [2.05, 4.69) is 17.2 Å². The molecule has 1 saturated heterocycles. The lowest BCUT2D eigenvalue weighted by Crippen LogP contribution is -2.54. The highest BCUT2D eigenvalue weighted by atomic mass is 32.2. The van der Waals surface area contributed by atoms with Crippen LogP contribution in [0.2, 0.25) is 0 Å². The fraction of sp³-hybridized carbons (Fsp3) is 0.308. The largest absolute Gasteiger partial charge is 0.340 e. The Balaban J connectivity index is 2.20. The number of sulfone groups is 1. The average Bonchev–Trinajstić information content (AvgIpc) is 2.29. The summed E-state index contributed by atoms with van der Waals surface area (Å²) in [6, 6.07) is 8.52. The molecule has 0 bridgehead atoms. The van der Waals surface area contributed by atoms with Gasteiger partial charge in [-0.1, -0.05) is 36.3 Å². The lowest BCUT2D eigenvalue weighted by atomic mass is 10.1. The third-order valence-electron chi connectivity index (χ3n) is 2.85. The number of carbonyl (C=O) groups excluding carboxylic acids is 1. The van der Waals surface area contributed by atoms with Crippen molar-refractivity contribution in [3.8, 4) is 11.8 Å². The molecule has 2 rings (SSSR count). The fourth-order valence-corrected chi connectivity index (χ4v) is 3.95. The molecule has 0 radical (unpaired) electrons. The van der Waals surface area contributed by atoms with Crippen LogP contribution < -0.4 is 5.32 Å². The second-order valence-corrected chi connectivity index (χ2v) is 6.28. The van der Waals surface area contributed by atoms with E-state index in [4.69, 9.17) is 0 Å². The first-order valence-electron chi connectivity index (χ1n) is 5.54. The van der Waals surface area contributed by atoms with Crippen LogP contribution in [-0.4, -0.2) is 26.1 Å². The molecule has 18 heavy (non-hydrogen) atoms. The molecule has 1 amide bonds. The highest BCUT2D eigenvalue weighted by Gasteiger charge is 2.47. The zero-order chi connectivity index (χ0) is 13.2. The van der Waals surface area contributed by atoms with Crippen molar-refractivity contribution >= 4 is 15.7 Å². The molecule has 1 aromatic carbocycles. The predicted octanol–water partition coefficient (Wildman–Crippen LogP) is 0.664. The number of hydrogen-bond acceptors (Lipinski definition) is 3. The summed E-state index contributed by atoms with van der Waals surface area (Å²) in [5, 5.41) is 1.98. The number of amides is 1. The van der Waals surface area contributed by atoms with Crippen molar-refractivity contribution in [3.63, 3.8) is 0 Å². The van der Waals surface area contributed by atoms with Crippen LogP contribution in [0.15, 0.2) is 30.3 Å². The molecule has 2 unspecified atom stereocenters. The summed E-state index contributed by atoms with van der Waals surface area (Å²) in [4.78, 5) is 11.4. The molecule has 0 aliphatic carbocycles. The maximum atomic E-state index is 11.8. The summed E-state index contributed by atoms with van der Waals surface area (Å²) in [5.41, 5.74) is 0.707. The highest BCUT2D eigenvalue weighted by Crippen LogP contribution is 2.36. The van der Waals surface area contributed by atoms with Crippen LogP contribution in [0.1, 0.15) is 17.7 Å². The Morgan fingerprint density at radius 3 is 2.56 bits per heavy atom. The van der Waals surface area contributed by atoms with Crippen molar-refractivity contribution in [1.82, 2.24) is 5.32 Å². The summed E-state index contributed by atoms with van der Waals surface area (Å²) in [6.45, 7) is 1.56. The molecular weight excluding hydrogens is 250 g/mol. The van der Waals surface area contributed by atoms with Gasteiger partial charge in [-0.15, -0.1) is 0 Å². The van der Waals surface area contributed by atoms with Crippen molar-refractivity contribution in [3.05, 3.63) is 35.9 Å². The van der Waals surface area contributed by atoms with E-state index in [0.717, 1.165) is 0 Å². The van der Waals surface area contributed by atoms with Gasteiger partial charge in [-0.2, -0.15) is 0 Å². The standard InChI is InChI=1S/C13H13NO3S/c1-2-6-12(15)14-11-9-18(16,17)13(11)10-7-4-3-5-8-10/h3-5,7-8,11,13H,9H2,1H3,(H,14,15). The van der Waals surface area contributed by atoms with E-state index in [1.165, 1.54) is 0 Å². The van der Waals surface area contributed by atoms with E-state index in [1.54, 1.807) is 31.2 Å². The van der Waals surface area contributed by atoms with Gasteiger partial charge in [-0.3, -0.25) is 4.79 Å². The van der Waals surface area contributed by atoms with Crippen LogP contribution >= 0.6 is 0 Å². The van der Waals surface area contributed by atoms with E-state index in [0.29, 0.717) is 5.56 Å². The summed E-state index contributed by atoms with van der Waals surface area (Å²) >= 11 is 0. The molecule has 2 atom stereocenters. The Bertz CT molecular complexity index is 611. The van der Waals surface area contributed by atoms with Crippen LogP contribution in [0, 0.1) is 11.8 Å². The Labute approximate surface area is 106 Å². The van der Waals surface area contributed by atoms with E-state index >= 15 is 0 Å². The van der Waals surface area contributed by atoms with Crippen molar-refractivity contribution in [2.45, 2.75) is 18.2 Å². The molecule has 1 aliphatic rings. The van der Waals surface area contributed by atoms with E-state index < -0.39 is 21.0 Å². The van der Waals surface area contributed by atoms with Gasteiger partial charge in [0.15, 0.2) is 9.84 Å². The summed E-state index contributed by atoms with van der Waals surface area (Å²) in [6.07, 6.45) is 0. The van der Waals surface area contributed by atoms with Gasteiger partial charge in [0, 0.05) is 0 Å². The first-order chi connectivity index (χ1) is 8.54. The summed E-state index contributed by atoms with van der Waals surface area (Å²) < 4.78 is 23.6. The number of hydrogen-bond donors (Lipinski definition) is 1. The van der Waals surface area contributed by atoms with Gasteiger partial charge in [-0.05, 0) is 18.4 Å².